The highest BCUT2D eigenvalue weighted by atomic mass is 127. The van der Waals surface area contributed by atoms with E-state index in [0.717, 1.165) is 30.4 Å². The average Bonchev–Trinajstić information content (AvgIpc) is 3.25. The smallest absolute Gasteiger partial charge is 0.191 e. The second kappa shape index (κ2) is 11.5. The van der Waals surface area contributed by atoms with Gasteiger partial charge in [0.05, 0.1) is 6.54 Å². The number of rotatable bonds is 7. The topological polar surface area (TPSA) is 67.1 Å². The van der Waals surface area contributed by atoms with Crippen molar-refractivity contribution in [3.8, 4) is 5.82 Å². The molecule has 0 spiro atoms. The van der Waals surface area contributed by atoms with Crippen LogP contribution in [0.1, 0.15) is 36.5 Å². The van der Waals surface area contributed by atoms with Crippen LogP contribution in [0.4, 0.5) is 0 Å². The summed E-state index contributed by atoms with van der Waals surface area (Å²) in [7, 11) is 0. The third kappa shape index (κ3) is 6.85. The number of guanidine groups is 1. The maximum absolute atomic E-state index is 4.73. The first-order chi connectivity index (χ1) is 13.7. The van der Waals surface area contributed by atoms with Gasteiger partial charge in [-0.15, -0.1) is 24.0 Å². The second-order valence-corrected chi connectivity index (χ2v) is 6.88. The number of imidazole rings is 1. The summed E-state index contributed by atoms with van der Waals surface area (Å²) in [6, 6.07) is 12.7. The molecule has 29 heavy (non-hydrogen) atoms. The molecule has 3 aromatic rings. The third-order valence-corrected chi connectivity index (χ3v) is 4.53. The van der Waals surface area contributed by atoms with Gasteiger partial charge in [0.1, 0.15) is 12.1 Å². The first-order valence-electron chi connectivity index (χ1n) is 9.67. The minimum absolute atomic E-state index is 0. The van der Waals surface area contributed by atoms with Crippen LogP contribution < -0.4 is 10.6 Å². The van der Waals surface area contributed by atoms with Gasteiger partial charge in [-0.05, 0) is 43.0 Å². The molecule has 0 amide bonds. The number of aryl methyl sites for hydroxylation is 1. The molecule has 0 saturated carbocycles. The number of pyridine rings is 1. The maximum atomic E-state index is 4.73. The van der Waals surface area contributed by atoms with Gasteiger partial charge in [0.15, 0.2) is 5.96 Å². The van der Waals surface area contributed by atoms with Crippen molar-refractivity contribution in [2.45, 2.75) is 33.2 Å². The number of benzene rings is 1. The molecule has 2 N–H and O–H groups in total. The molecule has 0 bridgehead atoms. The van der Waals surface area contributed by atoms with Crippen LogP contribution >= 0.6 is 24.0 Å². The van der Waals surface area contributed by atoms with Gasteiger partial charge in [-0.3, -0.25) is 4.57 Å². The average molecular weight is 504 g/mol. The lowest BCUT2D eigenvalue weighted by molar-refractivity contribution is 0.699. The fourth-order valence-electron chi connectivity index (χ4n) is 2.95. The van der Waals surface area contributed by atoms with E-state index in [4.69, 9.17) is 4.99 Å². The van der Waals surface area contributed by atoms with Gasteiger partial charge in [0.25, 0.3) is 0 Å². The van der Waals surface area contributed by atoms with Crippen LogP contribution in [-0.4, -0.2) is 33.6 Å². The first-order valence-corrected chi connectivity index (χ1v) is 9.67. The Kier molecular flexibility index (Phi) is 9.11. The van der Waals surface area contributed by atoms with Gasteiger partial charge in [-0.25, -0.2) is 15.0 Å². The summed E-state index contributed by atoms with van der Waals surface area (Å²) < 4.78 is 1.89. The van der Waals surface area contributed by atoms with Gasteiger partial charge in [-0.2, -0.15) is 0 Å². The number of nitrogens with zero attached hydrogens (tertiary/aromatic N) is 4. The van der Waals surface area contributed by atoms with Crippen LogP contribution in [0, 0.1) is 6.92 Å². The summed E-state index contributed by atoms with van der Waals surface area (Å²) in [5.41, 5.74) is 3.72. The Labute approximate surface area is 189 Å². The molecular formula is C22H29IN6. The van der Waals surface area contributed by atoms with E-state index in [-0.39, 0.29) is 24.0 Å². The molecule has 7 heteroatoms. The van der Waals surface area contributed by atoms with E-state index in [1.54, 1.807) is 18.7 Å². The highest BCUT2D eigenvalue weighted by molar-refractivity contribution is 14.0. The predicted octanol–water partition coefficient (Wildman–Crippen LogP) is 4.05. The Morgan fingerprint density at radius 3 is 2.76 bits per heavy atom. The second-order valence-electron chi connectivity index (χ2n) is 6.88. The van der Waals surface area contributed by atoms with Crippen LogP contribution in [0.5, 0.6) is 0 Å². The number of nitrogens with one attached hydrogen (secondary N) is 2. The Balaban J connectivity index is 0.00000300. The van der Waals surface area contributed by atoms with Crippen molar-refractivity contribution in [3.63, 3.8) is 0 Å². The minimum Gasteiger partial charge on any atom is -0.357 e. The van der Waals surface area contributed by atoms with Gasteiger partial charge in [0.2, 0.25) is 0 Å². The van der Waals surface area contributed by atoms with E-state index in [2.05, 4.69) is 65.6 Å². The number of aromatic nitrogens is 3. The molecule has 3 rings (SSSR count). The number of hydrogen-bond donors (Lipinski definition) is 2. The summed E-state index contributed by atoms with van der Waals surface area (Å²) in [6.07, 6.45) is 7.18. The monoisotopic (exact) mass is 504 g/mol. The molecule has 0 fully saturated rings. The van der Waals surface area contributed by atoms with Crippen molar-refractivity contribution < 1.29 is 0 Å². The van der Waals surface area contributed by atoms with E-state index in [1.165, 1.54) is 11.1 Å². The normalized spacial score (nSPS) is 12.2. The van der Waals surface area contributed by atoms with Crippen molar-refractivity contribution >= 4 is 29.9 Å². The summed E-state index contributed by atoms with van der Waals surface area (Å²) in [5, 5.41) is 6.78. The Morgan fingerprint density at radius 1 is 1.17 bits per heavy atom. The summed E-state index contributed by atoms with van der Waals surface area (Å²) in [4.78, 5) is 13.2. The zero-order valence-electron chi connectivity index (χ0n) is 17.2. The van der Waals surface area contributed by atoms with Crippen molar-refractivity contribution in [2.24, 2.45) is 4.99 Å². The van der Waals surface area contributed by atoms with Crippen molar-refractivity contribution in [1.82, 2.24) is 25.2 Å². The van der Waals surface area contributed by atoms with E-state index < -0.39 is 0 Å². The zero-order valence-corrected chi connectivity index (χ0v) is 19.5. The molecule has 1 atom stereocenters. The van der Waals surface area contributed by atoms with Gasteiger partial charge >= 0.3 is 0 Å². The lowest BCUT2D eigenvalue weighted by Crippen LogP contribution is -2.39. The summed E-state index contributed by atoms with van der Waals surface area (Å²) in [6.45, 7) is 8.66. The fourth-order valence-corrected chi connectivity index (χ4v) is 2.95. The third-order valence-electron chi connectivity index (χ3n) is 4.53. The lowest BCUT2D eigenvalue weighted by Gasteiger charge is -2.16. The molecule has 0 radical (unpaired) electrons. The summed E-state index contributed by atoms with van der Waals surface area (Å²) >= 11 is 0. The minimum atomic E-state index is 0. The van der Waals surface area contributed by atoms with Crippen molar-refractivity contribution in [2.75, 3.05) is 13.1 Å². The molecule has 2 heterocycles. The van der Waals surface area contributed by atoms with Crippen LogP contribution in [0.25, 0.3) is 5.82 Å². The molecular weight excluding hydrogens is 475 g/mol. The van der Waals surface area contributed by atoms with E-state index >= 15 is 0 Å². The number of hydrogen-bond acceptors (Lipinski definition) is 3. The van der Waals surface area contributed by atoms with Gasteiger partial charge in [-0.1, -0.05) is 36.8 Å². The maximum Gasteiger partial charge on any atom is 0.191 e. The number of halogens is 1. The Morgan fingerprint density at radius 2 is 2.03 bits per heavy atom. The Bertz CT molecular complexity index is 907. The van der Waals surface area contributed by atoms with Gasteiger partial charge in [0, 0.05) is 31.7 Å². The molecule has 0 saturated heterocycles. The van der Waals surface area contributed by atoms with E-state index in [9.17, 15) is 0 Å². The standard InChI is InChI=1S/C22H28N6.HI/c1-4-24-22(26-14-18(3)20-7-5-6-17(2)12-20)27-15-19-8-9-25-21(13-19)28-11-10-23-16-28;/h5-13,16,18H,4,14-15H2,1-3H3,(H2,24,26,27);1H. The fraction of sp³-hybridized carbons (Fsp3) is 0.318. The predicted molar refractivity (Wildman–Crippen MR) is 129 cm³/mol. The molecule has 6 nitrogen and oxygen atoms in total. The molecule has 0 aliphatic heterocycles. The molecule has 0 aliphatic rings. The van der Waals surface area contributed by atoms with Crippen LogP contribution in [0.15, 0.2) is 66.3 Å². The molecule has 154 valence electrons. The molecule has 0 aliphatic carbocycles. The van der Waals surface area contributed by atoms with Gasteiger partial charge < -0.3 is 10.6 Å². The quantitative estimate of drug-likeness (QED) is 0.290. The SMILES string of the molecule is CCNC(=NCc1ccnc(-n2ccnc2)c1)NCC(C)c1cccc(C)c1.I. The molecule has 2 aromatic heterocycles. The first kappa shape index (κ1) is 22.9. The van der Waals surface area contributed by atoms with Crippen molar-refractivity contribution in [3.05, 3.63) is 78.0 Å². The van der Waals surface area contributed by atoms with E-state index in [0.29, 0.717) is 12.5 Å². The lowest BCUT2D eigenvalue weighted by atomic mass is 9.99. The van der Waals surface area contributed by atoms with Crippen LogP contribution in [0.2, 0.25) is 0 Å². The highest BCUT2D eigenvalue weighted by Gasteiger charge is 2.07. The van der Waals surface area contributed by atoms with Crippen LogP contribution in [0.3, 0.4) is 0 Å². The Hall–Kier alpha value is -2.42. The van der Waals surface area contributed by atoms with Crippen molar-refractivity contribution in [1.29, 1.82) is 0 Å². The van der Waals surface area contributed by atoms with E-state index in [1.807, 2.05) is 22.9 Å². The molecule has 1 unspecified atom stereocenters. The largest absolute Gasteiger partial charge is 0.357 e. The number of aliphatic imine (C=N–C) groups is 1. The summed E-state index contributed by atoms with van der Waals surface area (Å²) in [5.74, 6) is 2.07. The molecule has 1 aromatic carbocycles. The highest BCUT2D eigenvalue weighted by Crippen LogP contribution is 2.15. The zero-order chi connectivity index (χ0) is 19.8. The van der Waals surface area contributed by atoms with Crippen LogP contribution in [-0.2, 0) is 6.54 Å².